The van der Waals surface area contributed by atoms with Gasteiger partial charge in [-0.05, 0) is 31.0 Å². The molecule has 2 N–H and O–H groups in total. The van der Waals surface area contributed by atoms with Crippen LogP contribution in [0.2, 0.25) is 0 Å². The summed E-state index contributed by atoms with van der Waals surface area (Å²) < 4.78 is 10.7. The molecular formula is C14H17NO4. The number of aromatic amines is 1. The quantitative estimate of drug-likeness (QED) is 0.869. The van der Waals surface area contributed by atoms with Crippen LogP contribution in [0.1, 0.15) is 17.7 Å². The van der Waals surface area contributed by atoms with Crippen molar-refractivity contribution < 1.29 is 19.4 Å². The number of carbonyl (C=O) groups is 1. The van der Waals surface area contributed by atoms with Gasteiger partial charge < -0.3 is 19.6 Å². The van der Waals surface area contributed by atoms with Gasteiger partial charge in [-0.15, -0.1) is 0 Å². The Hall–Kier alpha value is -2.17. The maximum atomic E-state index is 10.8. The van der Waals surface area contributed by atoms with Gasteiger partial charge in [-0.25, -0.2) is 0 Å². The number of fused-ring (bicyclic) bond motifs is 1. The molecule has 0 radical (unpaired) electrons. The second kappa shape index (κ2) is 5.22. The van der Waals surface area contributed by atoms with Crippen LogP contribution < -0.4 is 9.47 Å². The molecule has 0 bridgehead atoms. The van der Waals surface area contributed by atoms with E-state index in [1.807, 2.05) is 19.1 Å². The number of hydrogen-bond donors (Lipinski definition) is 2. The van der Waals surface area contributed by atoms with E-state index in [2.05, 4.69) is 4.98 Å². The number of aromatic nitrogens is 1. The number of aryl methyl sites for hydroxylation is 2. The van der Waals surface area contributed by atoms with Crippen molar-refractivity contribution in [3.05, 3.63) is 23.4 Å². The van der Waals surface area contributed by atoms with Crippen LogP contribution in [0.25, 0.3) is 10.9 Å². The van der Waals surface area contributed by atoms with Crippen LogP contribution in [0.3, 0.4) is 0 Å². The van der Waals surface area contributed by atoms with Gasteiger partial charge in [0.15, 0.2) is 0 Å². The summed E-state index contributed by atoms with van der Waals surface area (Å²) in [6.07, 6.45) is 0.554. The van der Waals surface area contributed by atoms with E-state index in [1.165, 1.54) is 0 Å². The molecule has 1 heterocycles. The number of carboxylic acids is 1. The average molecular weight is 263 g/mol. The Labute approximate surface area is 111 Å². The second-order valence-electron chi connectivity index (χ2n) is 4.34. The lowest BCUT2D eigenvalue weighted by Gasteiger charge is -2.07. The Morgan fingerprint density at radius 2 is 1.89 bits per heavy atom. The van der Waals surface area contributed by atoms with Gasteiger partial charge in [-0.2, -0.15) is 0 Å². The summed E-state index contributed by atoms with van der Waals surface area (Å²) in [5, 5.41) is 9.74. The van der Waals surface area contributed by atoms with E-state index in [1.54, 1.807) is 14.2 Å². The molecule has 0 fully saturated rings. The third-order valence-corrected chi connectivity index (χ3v) is 3.22. The Morgan fingerprint density at radius 1 is 1.26 bits per heavy atom. The van der Waals surface area contributed by atoms with Crippen LogP contribution in [0, 0.1) is 6.92 Å². The van der Waals surface area contributed by atoms with Gasteiger partial charge in [0.25, 0.3) is 0 Å². The molecule has 19 heavy (non-hydrogen) atoms. The molecule has 0 aliphatic carbocycles. The van der Waals surface area contributed by atoms with Crippen LogP contribution >= 0.6 is 0 Å². The average Bonchev–Trinajstić information content (AvgIpc) is 2.71. The van der Waals surface area contributed by atoms with Gasteiger partial charge >= 0.3 is 5.97 Å². The first-order chi connectivity index (χ1) is 9.08. The van der Waals surface area contributed by atoms with Crippen molar-refractivity contribution in [2.24, 2.45) is 0 Å². The summed E-state index contributed by atoms with van der Waals surface area (Å²) in [5.74, 6) is 0.636. The van der Waals surface area contributed by atoms with Crippen LogP contribution in [-0.4, -0.2) is 30.3 Å². The Bertz CT molecular complexity index is 615. The Balaban J connectivity index is 2.61. The summed E-state index contributed by atoms with van der Waals surface area (Å²) in [5.41, 5.74) is 2.76. The van der Waals surface area contributed by atoms with E-state index in [0.717, 1.165) is 33.7 Å². The monoisotopic (exact) mass is 263 g/mol. The number of nitrogens with one attached hydrogen (secondary N) is 1. The van der Waals surface area contributed by atoms with Gasteiger partial charge in [-0.3, -0.25) is 4.79 Å². The number of methoxy groups -OCH3 is 2. The molecule has 0 spiro atoms. The smallest absolute Gasteiger partial charge is 0.303 e. The van der Waals surface area contributed by atoms with Crippen LogP contribution in [0.15, 0.2) is 12.1 Å². The molecule has 0 aliphatic rings. The maximum Gasteiger partial charge on any atom is 0.303 e. The van der Waals surface area contributed by atoms with Crippen molar-refractivity contribution >= 4 is 16.9 Å². The molecule has 2 rings (SSSR count). The van der Waals surface area contributed by atoms with E-state index >= 15 is 0 Å². The molecule has 0 unspecified atom stereocenters. The summed E-state index contributed by atoms with van der Waals surface area (Å²) in [6, 6.07) is 3.66. The lowest BCUT2D eigenvalue weighted by atomic mass is 10.0. The van der Waals surface area contributed by atoms with Crippen LogP contribution in [-0.2, 0) is 11.2 Å². The highest BCUT2D eigenvalue weighted by Crippen LogP contribution is 2.37. The molecule has 5 nitrogen and oxygen atoms in total. The van der Waals surface area contributed by atoms with E-state index in [-0.39, 0.29) is 6.42 Å². The predicted octanol–water partition coefficient (Wildman–Crippen LogP) is 2.51. The Kier molecular flexibility index (Phi) is 3.64. The summed E-state index contributed by atoms with van der Waals surface area (Å²) in [4.78, 5) is 14.0. The fourth-order valence-electron chi connectivity index (χ4n) is 2.32. The number of hydrogen-bond acceptors (Lipinski definition) is 3. The zero-order valence-electron chi connectivity index (χ0n) is 11.2. The molecule has 0 saturated heterocycles. The van der Waals surface area contributed by atoms with Crippen molar-refractivity contribution in [1.29, 1.82) is 0 Å². The molecule has 5 heteroatoms. The predicted molar refractivity (Wildman–Crippen MR) is 72.1 cm³/mol. The first-order valence-electron chi connectivity index (χ1n) is 6.02. The number of rotatable bonds is 5. The number of benzene rings is 1. The number of ether oxygens (including phenoxy) is 2. The molecule has 0 aliphatic heterocycles. The zero-order valence-corrected chi connectivity index (χ0v) is 11.2. The zero-order chi connectivity index (χ0) is 14.0. The van der Waals surface area contributed by atoms with E-state index in [9.17, 15) is 4.79 Å². The summed E-state index contributed by atoms with van der Waals surface area (Å²) >= 11 is 0. The lowest BCUT2D eigenvalue weighted by molar-refractivity contribution is -0.136. The first kappa shape index (κ1) is 13.3. The fraction of sp³-hybridized carbons (Fsp3) is 0.357. The number of carboxylic acid groups (broad SMARTS) is 1. The molecule has 0 saturated carbocycles. The van der Waals surface area contributed by atoms with Gasteiger partial charge in [0.1, 0.15) is 11.5 Å². The van der Waals surface area contributed by atoms with Gasteiger partial charge in [0.05, 0.1) is 19.7 Å². The third-order valence-electron chi connectivity index (χ3n) is 3.22. The number of aliphatic carboxylic acids is 1. The van der Waals surface area contributed by atoms with Gasteiger partial charge in [-0.1, -0.05) is 0 Å². The molecule has 1 aromatic heterocycles. The van der Waals surface area contributed by atoms with Crippen molar-refractivity contribution in [1.82, 2.24) is 4.98 Å². The van der Waals surface area contributed by atoms with Crippen molar-refractivity contribution in [3.63, 3.8) is 0 Å². The minimum Gasteiger partial charge on any atom is -0.496 e. The van der Waals surface area contributed by atoms with Crippen molar-refractivity contribution in [2.45, 2.75) is 19.8 Å². The number of H-pyrrole nitrogens is 1. The lowest BCUT2D eigenvalue weighted by Crippen LogP contribution is -1.98. The summed E-state index contributed by atoms with van der Waals surface area (Å²) in [7, 11) is 3.21. The van der Waals surface area contributed by atoms with Crippen molar-refractivity contribution in [2.75, 3.05) is 14.2 Å². The largest absolute Gasteiger partial charge is 0.496 e. The first-order valence-corrected chi connectivity index (χ1v) is 6.02. The van der Waals surface area contributed by atoms with Crippen molar-refractivity contribution in [3.8, 4) is 11.5 Å². The highest BCUT2D eigenvalue weighted by molar-refractivity contribution is 5.95. The molecular weight excluding hydrogens is 246 g/mol. The second-order valence-corrected chi connectivity index (χ2v) is 4.34. The molecule has 102 valence electrons. The molecule has 1 aromatic carbocycles. The van der Waals surface area contributed by atoms with Crippen LogP contribution in [0.5, 0.6) is 11.5 Å². The van der Waals surface area contributed by atoms with E-state index < -0.39 is 5.97 Å². The van der Waals surface area contributed by atoms with Gasteiger partial charge in [0.2, 0.25) is 0 Å². The van der Waals surface area contributed by atoms with E-state index in [4.69, 9.17) is 14.6 Å². The topological polar surface area (TPSA) is 71.6 Å². The Morgan fingerprint density at radius 3 is 2.47 bits per heavy atom. The highest BCUT2D eigenvalue weighted by atomic mass is 16.5. The standard InChI is InChI=1S/C14H17NO4/c1-8-9(4-7-12(16)17)13-10(18-2)5-6-11(19-3)14(13)15-8/h5-6,15H,4,7H2,1-3H3,(H,16,17). The SMILES string of the molecule is COc1ccc(OC)c2c(CCC(=O)O)c(C)[nH]c12. The summed E-state index contributed by atoms with van der Waals surface area (Å²) in [6.45, 7) is 1.93. The minimum atomic E-state index is -0.810. The normalized spacial score (nSPS) is 10.7. The highest BCUT2D eigenvalue weighted by Gasteiger charge is 2.17. The molecule has 0 atom stereocenters. The minimum absolute atomic E-state index is 0.0914. The third kappa shape index (κ3) is 2.36. The van der Waals surface area contributed by atoms with E-state index in [0.29, 0.717) is 6.42 Å². The maximum absolute atomic E-state index is 10.8. The van der Waals surface area contributed by atoms with Crippen LogP contribution in [0.4, 0.5) is 0 Å². The molecule has 2 aromatic rings. The fourth-order valence-corrected chi connectivity index (χ4v) is 2.32. The van der Waals surface area contributed by atoms with Gasteiger partial charge in [0, 0.05) is 17.5 Å². The molecule has 0 amide bonds.